The Morgan fingerprint density at radius 2 is 2.18 bits per heavy atom. The van der Waals surface area contributed by atoms with Crippen LogP contribution < -0.4 is 5.32 Å². The lowest BCUT2D eigenvalue weighted by molar-refractivity contribution is 0.0922. The minimum atomic E-state index is -0.695. The van der Waals surface area contributed by atoms with Gasteiger partial charge in [0.2, 0.25) is 0 Å². The number of benzene rings is 1. The molecule has 2 heterocycles. The van der Waals surface area contributed by atoms with Crippen molar-refractivity contribution in [3.8, 4) is 0 Å². The van der Waals surface area contributed by atoms with Crippen LogP contribution in [0, 0.1) is 0 Å². The van der Waals surface area contributed by atoms with Gasteiger partial charge in [0, 0.05) is 16.1 Å². The van der Waals surface area contributed by atoms with Crippen molar-refractivity contribution in [2.75, 3.05) is 6.54 Å². The van der Waals surface area contributed by atoms with Crippen molar-refractivity contribution in [1.82, 2.24) is 10.3 Å². The SMILES string of the molecule is CCc1ncc(C(=O)NCC(O)c2cc3ccccc3s2)s1. The summed E-state index contributed by atoms with van der Waals surface area (Å²) >= 11 is 2.94. The van der Waals surface area contributed by atoms with Crippen molar-refractivity contribution >= 4 is 38.7 Å². The zero-order valence-electron chi connectivity index (χ0n) is 12.1. The van der Waals surface area contributed by atoms with Crippen LogP contribution in [0.5, 0.6) is 0 Å². The number of hydrogen-bond acceptors (Lipinski definition) is 5. The van der Waals surface area contributed by atoms with Gasteiger partial charge in [0.15, 0.2) is 0 Å². The van der Waals surface area contributed by atoms with Crippen LogP contribution in [0.2, 0.25) is 0 Å². The molecule has 2 N–H and O–H groups in total. The molecular formula is C16H16N2O2S2. The molecule has 0 saturated carbocycles. The molecule has 1 unspecified atom stereocenters. The van der Waals surface area contributed by atoms with Crippen LogP contribution in [0.25, 0.3) is 10.1 Å². The van der Waals surface area contributed by atoms with E-state index in [2.05, 4.69) is 10.3 Å². The minimum absolute atomic E-state index is 0.183. The highest BCUT2D eigenvalue weighted by molar-refractivity contribution is 7.19. The van der Waals surface area contributed by atoms with E-state index in [0.29, 0.717) is 4.88 Å². The number of aliphatic hydroxyl groups excluding tert-OH is 1. The van der Waals surface area contributed by atoms with E-state index in [1.54, 1.807) is 17.5 Å². The normalized spacial score (nSPS) is 12.5. The Hall–Kier alpha value is -1.76. The summed E-state index contributed by atoms with van der Waals surface area (Å²) in [5.41, 5.74) is 0. The zero-order valence-corrected chi connectivity index (χ0v) is 13.7. The van der Waals surface area contributed by atoms with Crippen molar-refractivity contribution in [3.05, 3.63) is 51.3 Å². The summed E-state index contributed by atoms with van der Waals surface area (Å²) in [6, 6.07) is 9.97. The van der Waals surface area contributed by atoms with E-state index < -0.39 is 6.10 Å². The molecule has 3 aromatic rings. The quantitative estimate of drug-likeness (QED) is 0.753. The second kappa shape index (κ2) is 6.56. The van der Waals surface area contributed by atoms with E-state index in [4.69, 9.17) is 0 Å². The average molecular weight is 332 g/mol. The van der Waals surface area contributed by atoms with Crippen LogP contribution >= 0.6 is 22.7 Å². The monoisotopic (exact) mass is 332 g/mol. The van der Waals surface area contributed by atoms with Gasteiger partial charge in [-0.2, -0.15) is 0 Å². The van der Waals surface area contributed by atoms with Gasteiger partial charge >= 0.3 is 0 Å². The zero-order chi connectivity index (χ0) is 15.5. The van der Waals surface area contributed by atoms with Crippen molar-refractivity contribution < 1.29 is 9.90 Å². The van der Waals surface area contributed by atoms with Crippen molar-refractivity contribution in [1.29, 1.82) is 0 Å². The molecule has 0 aliphatic heterocycles. The first kappa shape index (κ1) is 15.1. The Balaban J connectivity index is 1.64. The van der Waals surface area contributed by atoms with E-state index in [1.165, 1.54) is 11.3 Å². The lowest BCUT2D eigenvalue weighted by Crippen LogP contribution is -2.27. The van der Waals surface area contributed by atoms with Gasteiger partial charge in [-0.1, -0.05) is 25.1 Å². The first-order valence-corrected chi connectivity index (χ1v) is 8.70. The largest absolute Gasteiger partial charge is 0.386 e. The molecule has 114 valence electrons. The van der Waals surface area contributed by atoms with Crippen molar-refractivity contribution in [3.63, 3.8) is 0 Å². The molecule has 0 bridgehead atoms. The van der Waals surface area contributed by atoms with Gasteiger partial charge in [0.25, 0.3) is 5.91 Å². The smallest absolute Gasteiger partial charge is 0.263 e. The van der Waals surface area contributed by atoms with Gasteiger partial charge in [0.05, 0.1) is 11.2 Å². The Kier molecular flexibility index (Phi) is 4.52. The number of nitrogens with one attached hydrogen (secondary N) is 1. The van der Waals surface area contributed by atoms with Crippen LogP contribution in [0.15, 0.2) is 36.5 Å². The maximum Gasteiger partial charge on any atom is 0.263 e. The number of fused-ring (bicyclic) bond motifs is 1. The lowest BCUT2D eigenvalue weighted by atomic mass is 10.2. The molecule has 1 atom stereocenters. The molecule has 2 aromatic heterocycles. The highest BCUT2D eigenvalue weighted by Crippen LogP contribution is 2.29. The minimum Gasteiger partial charge on any atom is -0.386 e. The fraction of sp³-hybridized carbons (Fsp3) is 0.250. The molecule has 0 aliphatic rings. The van der Waals surface area contributed by atoms with E-state index in [9.17, 15) is 9.90 Å². The molecule has 0 aliphatic carbocycles. The molecule has 1 aromatic carbocycles. The summed E-state index contributed by atoms with van der Waals surface area (Å²) in [4.78, 5) is 17.6. The first-order chi connectivity index (χ1) is 10.7. The van der Waals surface area contributed by atoms with Gasteiger partial charge in [0.1, 0.15) is 11.0 Å². The number of aryl methyl sites for hydroxylation is 1. The fourth-order valence-electron chi connectivity index (χ4n) is 2.12. The molecule has 4 nitrogen and oxygen atoms in total. The van der Waals surface area contributed by atoms with Gasteiger partial charge in [-0.15, -0.1) is 22.7 Å². The van der Waals surface area contributed by atoms with Gasteiger partial charge in [-0.3, -0.25) is 4.79 Å². The molecule has 1 amide bonds. The van der Waals surface area contributed by atoms with Gasteiger partial charge in [-0.05, 0) is 23.9 Å². The summed E-state index contributed by atoms with van der Waals surface area (Å²) in [6.07, 6.45) is 1.72. The summed E-state index contributed by atoms with van der Waals surface area (Å²) in [5, 5.41) is 15.1. The number of nitrogens with zero attached hydrogens (tertiary/aromatic N) is 1. The molecule has 22 heavy (non-hydrogen) atoms. The average Bonchev–Trinajstić information content (AvgIpc) is 3.18. The molecule has 0 fully saturated rings. The second-order valence-electron chi connectivity index (χ2n) is 4.88. The predicted molar refractivity (Wildman–Crippen MR) is 90.6 cm³/mol. The van der Waals surface area contributed by atoms with Crippen LogP contribution in [0.1, 0.15) is 32.6 Å². The Morgan fingerprint density at radius 1 is 1.36 bits per heavy atom. The molecule has 0 saturated heterocycles. The van der Waals surface area contributed by atoms with Crippen molar-refractivity contribution in [2.45, 2.75) is 19.4 Å². The Bertz CT molecular complexity index is 761. The number of thiazole rings is 1. The van der Waals surface area contributed by atoms with E-state index >= 15 is 0 Å². The number of aliphatic hydroxyl groups is 1. The van der Waals surface area contributed by atoms with E-state index in [1.807, 2.05) is 37.3 Å². The number of amides is 1. The number of hydrogen-bond donors (Lipinski definition) is 2. The van der Waals surface area contributed by atoms with Gasteiger partial charge in [-0.25, -0.2) is 4.98 Å². The third kappa shape index (κ3) is 3.19. The van der Waals surface area contributed by atoms with E-state index in [-0.39, 0.29) is 12.5 Å². The van der Waals surface area contributed by atoms with Crippen molar-refractivity contribution in [2.24, 2.45) is 0 Å². The highest BCUT2D eigenvalue weighted by Gasteiger charge is 2.15. The highest BCUT2D eigenvalue weighted by atomic mass is 32.1. The molecular weight excluding hydrogens is 316 g/mol. The summed E-state index contributed by atoms with van der Waals surface area (Å²) < 4.78 is 1.14. The van der Waals surface area contributed by atoms with Crippen LogP contribution in [-0.2, 0) is 6.42 Å². The number of carbonyl (C=O) groups is 1. The molecule has 0 spiro atoms. The fourth-order valence-corrected chi connectivity index (χ4v) is 3.95. The van der Waals surface area contributed by atoms with Gasteiger partial charge < -0.3 is 10.4 Å². The summed E-state index contributed by atoms with van der Waals surface area (Å²) in [6.45, 7) is 2.21. The first-order valence-electron chi connectivity index (χ1n) is 7.07. The van der Waals surface area contributed by atoms with Crippen LogP contribution in [0.3, 0.4) is 0 Å². The maximum atomic E-state index is 12.0. The summed E-state index contributed by atoms with van der Waals surface area (Å²) in [7, 11) is 0. The number of carbonyl (C=O) groups excluding carboxylic acids is 1. The molecule has 3 rings (SSSR count). The maximum absolute atomic E-state index is 12.0. The third-order valence-electron chi connectivity index (χ3n) is 3.31. The topological polar surface area (TPSA) is 62.2 Å². The number of thiophene rings is 1. The second-order valence-corrected chi connectivity index (χ2v) is 7.11. The lowest BCUT2D eigenvalue weighted by Gasteiger charge is -2.09. The summed E-state index contributed by atoms with van der Waals surface area (Å²) in [5.74, 6) is -0.183. The van der Waals surface area contributed by atoms with E-state index in [0.717, 1.165) is 26.4 Å². The molecule has 0 radical (unpaired) electrons. The third-order valence-corrected chi connectivity index (χ3v) is 5.67. The number of rotatable bonds is 5. The van der Waals surface area contributed by atoms with Crippen LogP contribution in [-0.4, -0.2) is 22.5 Å². The molecule has 6 heteroatoms. The standard InChI is InChI=1S/C16H16N2O2S2/c1-2-15-17-9-14(22-15)16(20)18-8-11(19)13-7-10-5-3-4-6-12(10)21-13/h3-7,9,11,19H,2,8H2,1H3,(H,18,20). The number of aromatic nitrogens is 1. The Morgan fingerprint density at radius 3 is 2.91 bits per heavy atom. The van der Waals surface area contributed by atoms with Crippen LogP contribution in [0.4, 0.5) is 0 Å². The Labute approximate surface area is 136 Å². The predicted octanol–water partition coefficient (Wildman–Crippen LogP) is 3.38.